The highest BCUT2D eigenvalue weighted by molar-refractivity contribution is 5.67. The van der Waals surface area contributed by atoms with E-state index >= 15 is 0 Å². The molecule has 1 saturated carbocycles. The second-order valence-corrected chi connectivity index (χ2v) is 7.35. The van der Waals surface area contributed by atoms with Gasteiger partial charge < -0.3 is 15.4 Å². The third-order valence-corrected chi connectivity index (χ3v) is 5.49. The lowest BCUT2D eigenvalue weighted by Gasteiger charge is -2.39. The van der Waals surface area contributed by atoms with Gasteiger partial charge in [-0.2, -0.15) is 5.10 Å². The number of ether oxygens (including phenoxy) is 1. The number of hydrogen-bond donors (Lipinski definition) is 2. The van der Waals surface area contributed by atoms with Gasteiger partial charge in [-0.25, -0.2) is 4.79 Å². The molecule has 2 aromatic rings. The number of aryl methyl sites for hydroxylation is 1. The molecule has 1 aromatic carbocycles. The highest BCUT2D eigenvalue weighted by atomic mass is 16.5. The zero-order valence-electron chi connectivity index (χ0n) is 15.1. The van der Waals surface area contributed by atoms with Crippen LogP contribution in [0.1, 0.15) is 48.5 Å². The average Bonchev–Trinajstić information content (AvgIpc) is 3.01. The average molecular weight is 354 g/mol. The van der Waals surface area contributed by atoms with Crippen molar-refractivity contribution in [2.24, 2.45) is 7.05 Å². The fraction of sp³-hybridized carbons (Fsp3) is 0.500. The molecule has 0 saturated heterocycles. The van der Waals surface area contributed by atoms with Crippen LogP contribution in [0.3, 0.4) is 0 Å². The first-order valence-electron chi connectivity index (χ1n) is 9.43. The van der Waals surface area contributed by atoms with Crippen molar-refractivity contribution < 1.29 is 9.53 Å². The van der Waals surface area contributed by atoms with E-state index < -0.39 is 0 Å². The van der Waals surface area contributed by atoms with Crippen LogP contribution in [0.4, 0.5) is 4.79 Å². The second-order valence-electron chi connectivity index (χ2n) is 7.35. The summed E-state index contributed by atoms with van der Waals surface area (Å²) in [7, 11) is 2.02. The molecule has 1 amide bonds. The molecule has 26 heavy (non-hydrogen) atoms. The van der Waals surface area contributed by atoms with Gasteiger partial charge in [0.2, 0.25) is 0 Å². The van der Waals surface area contributed by atoms with Crippen molar-refractivity contribution in [3.05, 3.63) is 53.3 Å². The van der Waals surface area contributed by atoms with Crippen LogP contribution in [0.25, 0.3) is 0 Å². The molecule has 6 heteroatoms. The molecule has 2 aliphatic carbocycles. The minimum Gasteiger partial charge on any atom is -0.445 e. The summed E-state index contributed by atoms with van der Waals surface area (Å²) in [6.45, 7) is 0.312. The number of alkyl carbamates (subject to hydrolysis) is 1. The van der Waals surface area contributed by atoms with E-state index in [2.05, 4.69) is 15.7 Å². The van der Waals surface area contributed by atoms with Crippen molar-refractivity contribution in [3.8, 4) is 0 Å². The first-order chi connectivity index (χ1) is 12.7. The molecule has 0 aliphatic heterocycles. The molecule has 1 fully saturated rings. The maximum absolute atomic E-state index is 11.9. The topological polar surface area (TPSA) is 68.2 Å². The monoisotopic (exact) mass is 354 g/mol. The van der Waals surface area contributed by atoms with E-state index in [1.54, 1.807) is 0 Å². The number of carbonyl (C=O) groups excluding carboxylic acids is 1. The minimum absolute atomic E-state index is 0.202. The number of amides is 1. The van der Waals surface area contributed by atoms with Gasteiger partial charge in [0, 0.05) is 36.4 Å². The summed E-state index contributed by atoms with van der Waals surface area (Å²) in [6, 6.07) is 10.8. The summed E-state index contributed by atoms with van der Waals surface area (Å²) in [4.78, 5) is 11.9. The van der Waals surface area contributed by atoms with Gasteiger partial charge >= 0.3 is 6.09 Å². The van der Waals surface area contributed by atoms with E-state index in [0.29, 0.717) is 18.7 Å². The molecule has 0 bridgehead atoms. The quantitative estimate of drug-likeness (QED) is 0.866. The smallest absolute Gasteiger partial charge is 0.407 e. The molecule has 0 radical (unpaired) electrons. The van der Waals surface area contributed by atoms with Crippen molar-refractivity contribution >= 4 is 6.09 Å². The zero-order valence-corrected chi connectivity index (χ0v) is 15.1. The van der Waals surface area contributed by atoms with Gasteiger partial charge in [0.25, 0.3) is 0 Å². The molecule has 138 valence electrons. The largest absolute Gasteiger partial charge is 0.445 e. The summed E-state index contributed by atoms with van der Waals surface area (Å²) in [5.41, 5.74) is 3.70. The van der Waals surface area contributed by atoms with E-state index in [1.807, 2.05) is 48.3 Å². The Bertz CT molecular complexity index is 752. The van der Waals surface area contributed by atoms with Crippen LogP contribution in [0.5, 0.6) is 0 Å². The van der Waals surface area contributed by atoms with Crippen LogP contribution in [0.2, 0.25) is 0 Å². The summed E-state index contributed by atoms with van der Waals surface area (Å²) in [6.07, 6.45) is 7.05. The number of benzene rings is 1. The molecule has 0 spiro atoms. The van der Waals surface area contributed by atoms with Crippen LogP contribution < -0.4 is 10.6 Å². The summed E-state index contributed by atoms with van der Waals surface area (Å²) < 4.78 is 7.28. The van der Waals surface area contributed by atoms with E-state index in [1.165, 1.54) is 17.7 Å². The van der Waals surface area contributed by atoms with Crippen molar-refractivity contribution in [3.63, 3.8) is 0 Å². The normalized spacial score (nSPS) is 24.4. The van der Waals surface area contributed by atoms with Crippen LogP contribution in [0, 0.1) is 0 Å². The Morgan fingerprint density at radius 1 is 1.27 bits per heavy atom. The lowest BCUT2D eigenvalue weighted by atomic mass is 9.84. The number of rotatable bonds is 5. The second kappa shape index (κ2) is 7.50. The number of nitrogens with zero attached hydrogens (tertiary/aromatic N) is 2. The molecular weight excluding hydrogens is 328 g/mol. The molecule has 1 heterocycles. The minimum atomic E-state index is -0.329. The van der Waals surface area contributed by atoms with Gasteiger partial charge in [-0.3, -0.25) is 4.68 Å². The highest BCUT2D eigenvalue weighted by Crippen LogP contribution is 2.32. The Hall–Kier alpha value is -2.34. The fourth-order valence-electron chi connectivity index (χ4n) is 3.97. The van der Waals surface area contributed by atoms with E-state index in [-0.39, 0.29) is 12.1 Å². The molecule has 4 rings (SSSR count). The Balaban J connectivity index is 1.19. The molecule has 6 nitrogen and oxygen atoms in total. The number of nitrogens with one attached hydrogen (secondary N) is 2. The Kier molecular flexibility index (Phi) is 4.93. The van der Waals surface area contributed by atoms with Gasteiger partial charge in [0.15, 0.2) is 0 Å². The maximum Gasteiger partial charge on any atom is 0.407 e. The Morgan fingerprint density at radius 3 is 2.88 bits per heavy atom. The number of fused-ring (bicyclic) bond motifs is 1. The van der Waals surface area contributed by atoms with Gasteiger partial charge in [-0.15, -0.1) is 0 Å². The van der Waals surface area contributed by atoms with Crippen LogP contribution >= 0.6 is 0 Å². The number of aromatic nitrogens is 2. The van der Waals surface area contributed by atoms with Crippen LogP contribution in [0.15, 0.2) is 36.5 Å². The van der Waals surface area contributed by atoms with E-state index in [9.17, 15) is 4.79 Å². The Morgan fingerprint density at radius 2 is 2.08 bits per heavy atom. The van der Waals surface area contributed by atoms with E-state index in [0.717, 1.165) is 31.2 Å². The fourth-order valence-corrected chi connectivity index (χ4v) is 3.97. The van der Waals surface area contributed by atoms with Crippen molar-refractivity contribution in [2.45, 2.75) is 56.8 Å². The number of carbonyl (C=O) groups is 1. The zero-order chi connectivity index (χ0) is 17.9. The first-order valence-corrected chi connectivity index (χ1v) is 9.43. The molecular formula is C20H26N4O2. The van der Waals surface area contributed by atoms with E-state index in [4.69, 9.17) is 4.74 Å². The van der Waals surface area contributed by atoms with Crippen molar-refractivity contribution in [1.29, 1.82) is 0 Å². The van der Waals surface area contributed by atoms with Gasteiger partial charge in [0.05, 0.1) is 6.20 Å². The predicted molar refractivity (Wildman–Crippen MR) is 98.6 cm³/mol. The molecule has 1 atom stereocenters. The summed E-state index contributed by atoms with van der Waals surface area (Å²) in [5.74, 6) is 0. The lowest BCUT2D eigenvalue weighted by Crippen LogP contribution is -2.53. The van der Waals surface area contributed by atoms with Crippen molar-refractivity contribution in [1.82, 2.24) is 20.4 Å². The maximum atomic E-state index is 11.9. The lowest BCUT2D eigenvalue weighted by molar-refractivity contribution is 0.124. The summed E-state index contributed by atoms with van der Waals surface area (Å²) >= 11 is 0. The van der Waals surface area contributed by atoms with Gasteiger partial charge in [-0.1, -0.05) is 30.3 Å². The molecule has 1 aromatic heterocycles. The van der Waals surface area contributed by atoms with Gasteiger partial charge in [0.1, 0.15) is 6.61 Å². The Labute approximate surface area is 153 Å². The highest BCUT2D eigenvalue weighted by Gasteiger charge is 2.34. The van der Waals surface area contributed by atoms with Crippen molar-refractivity contribution in [2.75, 3.05) is 0 Å². The predicted octanol–water partition coefficient (Wildman–Crippen LogP) is 2.84. The molecule has 2 aliphatic rings. The summed E-state index contributed by atoms with van der Waals surface area (Å²) in [5, 5.41) is 11.1. The van der Waals surface area contributed by atoms with Crippen LogP contribution in [-0.4, -0.2) is 28.0 Å². The third-order valence-electron chi connectivity index (χ3n) is 5.49. The standard InChI is InChI=1S/C20H26N4O2/c1-24-19-9-5-8-18(17(19)12-21-24)22-15-10-16(11-15)23-20(25)26-13-14-6-3-2-4-7-14/h2-4,6-7,12,15-16,18,22H,5,8-11,13H2,1H3,(H,23,25). The first kappa shape index (κ1) is 17.1. The molecule has 1 unspecified atom stereocenters. The molecule has 2 N–H and O–H groups in total. The van der Waals surface area contributed by atoms with Gasteiger partial charge in [-0.05, 0) is 37.7 Å². The van der Waals surface area contributed by atoms with Crippen LogP contribution in [-0.2, 0) is 24.8 Å². The SMILES string of the molecule is Cn1ncc2c1CCCC2NC1CC(NC(=O)OCc2ccccc2)C1. The number of hydrogen-bond acceptors (Lipinski definition) is 4. The third kappa shape index (κ3) is 3.75.